The van der Waals surface area contributed by atoms with Crippen LogP contribution < -0.4 is 5.32 Å². The quantitative estimate of drug-likeness (QED) is 0.849. The van der Waals surface area contributed by atoms with Gasteiger partial charge in [0, 0.05) is 36.0 Å². The summed E-state index contributed by atoms with van der Waals surface area (Å²) in [6.45, 7) is 6.23. The van der Waals surface area contributed by atoms with Gasteiger partial charge in [-0.2, -0.15) is 0 Å². The molecule has 1 fully saturated rings. The molecule has 0 saturated carbocycles. The van der Waals surface area contributed by atoms with E-state index in [1.54, 1.807) is 0 Å². The smallest absolute Gasteiger partial charge is 0.248 e. The molecule has 3 heteroatoms. The molecule has 3 nitrogen and oxygen atoms in total. The van der Waals surface area contributed by atoms with Crippen LogP contribution in [0.1, 0.15) is 50.7 Å². The van der Waals surface area contributed by atoms with Crippen molar-refractivity contribution < 1.29 is 4.79 Å². The maximum absolute atomic E-state index is 12.6. The van der Waals surface area contributed by atoms with E-state index in [1.165, 1.54) is 17.5 Å². The van der Waals surface area contributed by atoms with Gasteiger partial charge in [-0.1, -0.05) is 31.2 Å². The molecule has 0 aliphatic carbocycles. The lowest BCUT2D eigenvalue weighted by atomic mass is 9.83. The van der Waals surface area contributed by atoms with Crippen LogP contribution >= 0.6 is 0 Å². The van der Waals surface area contributed by atoms with Crippen LogP contribution in [0.5, 0.6) is 0 Å². The Kier molecular flexibility index (Phi) is 4.23. The van der Waals surface area contributed by atoms with E-state index >= 15 is 0 Å². The maximum atomic E-state index is 12.6. The molecule has 3 rings (SSSR count). The number of likely N-dealkylation sites (tertiary alicyclic amines) is 1. The lowest BCUT2D eigenvalue weighted by Gasteiger charge is -2.38. The fourth-order valence-electron chi connectivity index (χ4n) is 3.45. The normalized spacial score (nSPS) is 26.5. The standard InChI is InChI=1S/C19H26N2O/c1-3-19(2)14-15-9-5-6-10-16(15)17(20-19)13-18(22)21-11-7-4-8-12-21/h5-6,9-10,13,20H,3-4,7-8,11-12,14H2,1-2H3/b17-13-. The van der Waals surface area contributed by atoms with E-state index in [0.29, 0.717) is 0 Å². The van der Waals surface area contributed by atoms with Crippen molar-refractivity contribution in [1.82, 2.24) is 10.2 Å². The van der Waals surface area contributed by atoms with Gasteiger partial charge in [-0.05, 0) is 44.6 Å². The van der Waals surface area contributed by atoms with Crippen LogP contribution in [0.2, 0.25) is 0 Å². The molecule has 2 heterocycles. The highest BCUT2D eigenvalue weighted by atomic mass is 16.2. The second-order valence-corrected chi connectivity index (χ2v) is 6.82. The first kappa shape index (κ1) is 15.1. The van der Waals surface area contributed by atoms with Crippen LogP contribution in [-0.2, 0) is 11.2 Å². The van der Waals surface area contributed by atoms with E-state index in [9.17, 15) is 4.79 Å². The maximum Gasteiger partial charge on any atom is 0.248 e. The highest BCUT2D eigenvalue weighted by Gasteiger charge is 2.30. The topological polar surface area (TPSA) is 32.3 Å². The Hall–Kier alpha value is -1.77. The fourth-order valence-corrected chi connectivity index (χ4v) is 3.45. The van der Waals surface area contributed by atoms with E-state index in [0.717, 1.165) is 44.5 Å². The van der Waals surface area contributed by atoms with Gasteiger partial charge < -0.3 is 10.2 Å². The first-order chi connectivity index (χ1) is 10.6. The number of amides is 1. The molecule has 1 aromatic rings. The fraction of sp³-hybridized carbons (Fsp3) is 0.526. The molecule has 1 aromatic carbocycles. The summed E-state index contributed by atoms with van der Waals surface area (Å²) in [7, 11) is 0. The number of benzene rings is 1. The van der Waals surface area contributed by atoms with E-state index in [-0.39, 0.29) is 11.4 Å². The Balaban J connectivity index is 1.90. The number of hydrogen-bond acceptors (Lipinski definition) is 2. The number of fused-ring (bicyclic) bond motifs is 1. The van der Waals surface area contributed by atoms with Gasteiger partial charge in [-0.3, -0.25) is 4.79 Å². The Morgan fingerprint density at radius 2 is 2.00 bits per heavy atom. The Labute approximate surface area is 133 Å². The number of nitrogens with one attached hydrogen (secondary N) is 1. The first-order valence-corrected chi connectivity index (χ1v) is 8.48. The summed E-state index contributed by atoms with van der Waals surface area (Å²) < 4.78 is 0. The van der Waals surface area contributed by atoms with Crippen LogP contribution in [0.4, 0.5) is 0 Å². The van der Waals surface area contributed by atoms with Gasteiger partial charge in [0.2, 0.25) is 5.91 Å². The summed E-state index contributed by atoms with van der Waals surface area (Å²) in [5, 5.41) is 3.62. The van der Waals surface area contributed by atoms with Gasteiger partial charge in [0.25, 0.3) is 0 Å². The molecule has 0 radical (unpaired) electrons. The second kappa shape index (κ2) is 6.15. The van der Waals surface area contributed by atoms with Gasteiger partial charge in [-0.25, -0.2) is 0 Å². The van der Waals surface area contributed by atoms with Crippen LogP contribution in [0, 0.1) is 0 Å². The zero-order chi connectivity index (χ0) is 15.6. The first-order valence-electron chi connectivity index (χ1n) is 8.48. The summed E-state index contributed by atoms with van der Waals surface area (Å²) in [6, 6.07) is 8.44. The number of carbonyl (C=O) groups excluding carboxylic acids is 1. The SMILES string of the molecule is CCC1(C)Cc2ccccc2/C(=C/C(=O)N2CCCCC2)N1. The summed E-state index contributed by atoms with van der Waals surface area (Å²) in [4.78, 5) is 14.6. The van der Waals surface area contributed by atoms with Crippen molar-refractivity contribution in [2.75, 3.05) is 13.1 Å². The van der Waals surface area contributed by atoms with Crippen molar-refractivity contribution in [1.29, 1.82) is 0 Å². The van der Waals surface area contributed by atoms with E-state index < -0.39 is 0 Å². The predicted octanol–water partition coefficient (Wildman–Crippen LogP) is 3.35. The lowest BCUT2D eigenvalue weighted by Crippen LogP contribution is -2.46. The van der Waals surface area contributed by atoms with Crippen molar-refractivity contribution >= 4 is 11.6 Å². The van der Waals surface area contributed by atoms with Gasteiger partial charge in [-0.15, -0.1) is 0 Å². The number of carbonyl (C=O) groups is 1. The van der Waals surface area contributed by atoms with Gasteiger partial charge in [0.05, 0.1) is 0 Å². The minimum absolute atomic E-state index is 0.0301. The van der Waals surface area contributed by atoms with E-state index in [1.807, 2.05) is 17.0 Å². The van der Waals surface area contributed by atoms with Crippen molar-refractivity contribution in [3.63, 3.8) is 0 Å². The van der Waals surface area contributed by atoms with Crippen LogP contribution in [-0.4, -0.2) is 29.4 Å². The number of hydrogen-bond donors (Lipinski definition) is 1. The highest BCUT2D eigenvalue weighted by molar-refractivity contribution is 5.95. The summed E-state index contributed by atoms with van der Waals surface area (Å²) >= 11 is 0. The van der Waals surface area contributed by atoms with Crippen molar-refractivity contribution in [2.45, 2.75) is 51.5 Å². The zero-order valence-corrected chi connectivity index (χ0v) is 13.7. The molecule has 1 N–H and O–H groups in total. The third kappa shape index (κ3) is 3.03. The molecule has 22 heavy (non-hydrogen) atoms. The lowest BCUT2D eigenvalue weighted by molar-refractivity contribution is -0.126. The third-order valence-electron chi connectivity index (χ3n) is 5.04. The van der Waals surface area contributed by atoms with E-state index in [4.69, 9.17) is 0 Å². The van der Waals surface area contributed by atoms with E-state index in [2.05, 4.69) is 37.4 Å². The monoisotopic (exact) mass is 298 g/mol. The number of nitrogens with zero attached hydrogens (tertiary/aromatic N) is 1. The largest absolute Gasteiger partial charge is 0.379 e. The Morgan fingerprint density at radius 1 is 1.27 bits per heavy atom. The second-order valence-electron chi connectivity index (χ2n) is 6.82. The molecule has 118 valence electrons. The van der Waals surface area contributed by atoms with Crippen LogP contribution in [0.3, 0.4) is 0 Å². The predicted molar refractivity (Wildman–Crippen MR) is 90.4 cm³/mol. The third-order valence-corrected chi connectivity index (χ3v) is 5.04. The molecule has 1 unspecified atom stereocenters. The van der Waals surface area contributed by atoms with Crippen molar-refractivity contribution in [2.24, 2.45) is 0 Å². The molecule has 0 bridgehead atoms. The molecule has 2 aliphatic rings. The summed E-state index contributed by atoms with van der Waals surface area (Å²) in [5.74, 6) is 0.150. The van der Waals surface area contributed by atoms with Crippen molar-refractivity contribution in [3.05, 3.63) is 41.5 Å². The molecule has 0 spiro atoms. The highest BCUT2D eigenvalue weighted by Crippen LogP contribution is 2.31. The molecular formula is C19H26N2O. The molecule has 1 saturated heterocycles. The number of piperidine rings is 1. The summed E-state index contributed by atoms with van der Waals surface area (Å²) in [5.41, 5.74) is 3.53. The average Bonchev–Trinajstić information content (AvgIpc) is 2.55. The summed E-state index contributed by atoms with van der Waals surface area (Å²) in [6.07, 6.45) is 7.37. The molecule has 2 aliphatic heterocycles. The zero-order valence-electron chi connectivity index (χ0n) is 13.7. The Morgan fingerprint density at radius 3 is 2.73 bits per heavy atom. The minimum Gasteiger partial charge on any atom is -0.379 e. The molecular weight excluding hydrogens is 272 g/mol. The Bertz CT molecular complexity index is 587. The molecule has 1 amide bonds. The number of rotatable bonds is 2. The minimum atomic E-state index is 0.0301. The van der Waals surface area contributed by atoms with Gasteiger partial charge in [0.1, 0.15) is 0 Å². The van der Waals surface area contributed by atoms with Crippen molar-refractivity contribution in [3.8, 4) is 0 Å². The van der Waals surface area contributed by atoms with Gasteiger partial charge >= 0.3 is 0 Å². The average molecular weight is 298 g/mol. The van der Waals surface area contributed by atoms with Crippen LogP contribution in [0.25, 0.3) is 5.70 Å². The molecule has 1 atom stereocenters. The molecule has 0 aromatic heterocycles. The van der Waals surface area contributed by atoms with Gasteiger partial charge in [0.15, 0.2) is 0 Å². The van der Waals surface area contributed by atoms with Crippen LogP contribution in [0.15, 0.2) is 30.3 Å².